The monoisotopic (exact) mass is 288 g/mol. The first kappa shape index (κ1) is 25.4. The Kier molecular flexibility index (Phi) is 31.1. The topological polar surface area (TPSA) is 28.5 Å². The molecule has 0 bridgehead atoms. The Morgan fingerprint density at radius 3 is 1.75 bits per heavy atom. The van der Waals surface area contributed by atoms with Gasteiger partial charge >= 0.3 is 29.6 Å². The summed E-state index contributed by atoms with van der Waals surface area (Å²) >= 11 is 0. The molecular formula is C18H33NaO-2. The van der Waals surface area contributed by atoms with Gasteiger partial charge < -0.3 is 12.4 Å². The second-order valence-electron chi connectivity index (χ2n) is 5.08. The first-order chi connectivity index (χ1) is 8.91. The van der Waals surface area contributed by atoms with Gasteiger partial charge in [-0.1, -0.05) is 69.8 Å². The maximum Gasteiger partial charge on any atom is 1.00 e. The molecule has 0 atom stereocenters. The molecule has 20 heavy (non-hydrogen) atoms. The molecule has 0 N–H and O–H groups in total. The van der Waals surface area contributed by atoms with Crippen LogP contribution in [0.3, 0.4) is 0 Å². The van der Waals surface area contributed by atoms with Gasteiger partial charge in [0.25, 0.3) is 0 Å². The van der Waals surface area contributed by atoms with Crippen molar-refractivity contribution in [2.24, 2.45) is 0 Å². The van der Waals surface area contributed by atoms with Crippen LogP contribution in [0.2, 0.25) is 0 Å². The van der Waals surface area contributed by atoms with Gasteiger partial charge in [0.1, 0.15) is 0 Å². The molecule has 0 amide bonds. The first-order valence-electron chi connectivity index (χ1n) is 8.01. The SMILES string of the molecule is [CH2-]CCCCCCC/C=C\C/C=C\CCCCC.[Na+].[O-2]. The summed E-state index contributed by atoms with van der Waals surface area (Å²) in [4.78, 5) is 0. The zero-order chi connectivity index (χ0) is 13.3. The summed E-state index contributed by atoms with van der Waals surface area (Å²) in [5.74, 6) is 0. The van der Waals surface area contributed by atoms with Gasteiger partial charge in [-0.15, -0.1) is 0 Å². The third kappa shape index (κ3) is 23.5. The summed E-state index contributed by atoms with van der Waals surface area (Å²) in [6.45, 7) is 6.12. The van der Waals surface area contributed by atoms with Crippen LogP contribution in [0.4, 0.5) is 0 Å². The number of hydrogen-bond acceptors (Lipinski definition) is 0. The molecule has 0 saturated carbocycles. The zero-order valence-corrected chi connectivity index (χ0v) is 15.9. The fourth-order valence-electron chi connectivity index (χ4n) is 1.99. The van der Waals surface area contributed by atoms with E-state index in [1.165, 1.54) is 64.2 Å². The summed E-state index contributed by atoms with van der Waals surface area (Å²) in [5.41, 5.74) is 0. The Balaban J connectivity index is -0.00000144. The molecule has 0 aromatic carbocycles. The van der Waals surface area contributed by atoms with E-state index in [1.807, 2.05) is 0 Å². The average molecular weight is 288 g/mol. The van der Waals surface area contributed by atoms with Crippen molar-refractivity contribution in [3.05, 3.63) is 31.2 Å². The van der Waals surface area contributed by atoms with Gasteiger partial charge in [-0.25, -0.2) is 0 Å². The Labute approximate surface area is 149 Å². The van der Waals surface area contributed by atoms with Crippen molar-refractivity contribution in [2.45, 2.75) is 84.0 Å². The van der Waals surface area contributed by atoms with Crippen LogP contribution in [0.5, 0.6) is 0 Å². The summed E-state index contributed by atoms with van der Waals surface area (Å²) in [7, 11) is 0. The molecular weight excluding hydrogens is 255 g/mol. The van der Waals surface area contributed by atoms with Gasteiger partial charge in [-0.05, 0) is 32.1 Å². The maximum absolute atomic E-state index is 3.87. The minimum Gasteiger partial charge on any atom is -2.00 e. The largest absolute Gasteiger partial charge is 2.00 e. The van der Waals surface area contributed by atoms with Gasteiger partial charge in [0, 0.05) is 0 Å². The summed E-state index contributed by atoms with van der Waals surface area (Å²) in [6, 6.07) is 0. The zero-order valence-electron chi connectivity index (χ0n) is 13.9. The number of hydrogen-bond donors (Lipinski definition) is 0. The van der Waals surface area contributed by atoms with Crippen molar-refractivity contribution >= 4 is 0 Å². The number of rotatable bonds is 13. The van der Waals surface area contributed by atoms with Crippen molar-refractivity contribution in [3.8, 4) is 0 Å². The molecule has 0 aliphatic heterocycles. The van der Waals surface area contributed by atoms with E-state index in [1.54, 1.807) is 0 Å². The van der Waals surface area contributed by atoms with E-state index in [9.17, 15) is 0 Å². The molecule has 0 fully saturated rings. The predicted molar refractivity (Wildman–Crippen MR) is 85.4 cm³/mol. The normalized spacial score (nSPS) is 10.7. The minimum absolute atomic E-state index is 0. The Bertz CT molecular complexity index is 200. The standard InChI is InChI=1S/C18H33.Na.O/c1-3-5-7-9-11-13-15-17-18-16-14-12-10-8-6-4-2;;/h12,14,17-18H,1,3-11,13,15-16H2,2H3;;/q-1;+1;-2/b14-12-,18-17-;;. The van der Waals surface area contributed by atoms with Gasteiger partial charge in [0.05, 0.1) is 0 Å². The minimum atomic E-state index is 0. The van der Waals surface area contributed by atoms with Gasteiger partial charge in [-0.2, -0.15) is 6.42 Å². The maximum atomic E-state index is 3.87. The molecule has 0 rings (SSSR count). The molecule has 0 radical (unpaired) electrons. The smallest absolute Gasteiger partial charge is 1.00 e. The molecule has 1 nitrogen and oxygen atoms in total. The summed E-state index contributed by atoms with van der Waals surface area (Å²) in [5, 5.41) is 0. The van der Waals surface area contributed by atoms with Crippen LogP contribution < -0.4 is 29.6 Å². The van der Waals surface area contributed by atoms with Crippen molar-refractivity contribution < 1.29 is 35.0 Å². The predicted octanol–water partition coefficient (Wildman–Crippen LogP) is 3.52. The quantitative estimate of drug-likeness (QED) is 0.215. The molecule has 0 aliphatic carbocycles. The van der Waals surface area contributed by atoms with Gasteiger partial charge in [0.2, 0.25) is 0 Å². The molecule has 0 aliphatic rings. The van der Waals surface area contributed by atoms with Gasteiger partial charge in [-0.3, -0.25) is 0 Å². The van der Waals surface area contributed by atoms with Crippen molar-refractivity contribution in [2.75, 3.05) is 0 Å². The van der Waals surface area contributed by atoms with Crippen molar-refractivity contribution in [1.82, 2.24) is 0 Å². The third-order valence-electron chi connectivity index (χ3n) is 3.20. The molecule has 2 heteroatoms. The summed E-state index contributed by atoms with van der Waals surface area (Å²) < 4.78 is 0. The Morgan fingerprint density at radius 2 is 1.20 bits per heavy atom. The van der Waals surface area contributed by atoms with Gasteiger partial charge in [0.15, 0.2) is 0 Å². The first-order valence-corrected chi connectivity index (χ1v) is 8.01. The van der Waals surface area contributed by atoms with Crippen LogP contribution in [0.1, 0.15) is 84.0 Å². The van der Waals surface area contributed by atoms with Crippen molar-refractivity contribution in [3.63, 3.8) is 0 Å². The fraction of sp³-hybridized carbons (Fsp3) is 0.722. The van der Waals surface area contributed by atoms with E-state index >= 15 is 0 Å². The van der Waals surface area contributed by atoms with E-state index in [-0.39, 0.29) is 35.0 Å². The van der Waals surface area contributed by atoms with Crippen LogP contribution in [0.25, 0.3) is 0 Å². The molecule has 0 aromatic rings. The molecule has 0 aromatic heterocycles. The third-order valence-corrected chi connectivity index (χ3v) is 3.20. The van der Waals surface area contributed by atoms with Crippen LogP contribution in [0.15, 0.2) is 24.3 Å². The van der Waals surface area contributed by atoms with E-state index in [0.717, 1.165) is 12.8 Å². The molecule has 0 saturated heterocycles. The second kappa shape index (κ2) is 24.5. The molecule has 0 heterocycles. The fourth-order valence-corrected chi connectivity index (χ4v) is 1.99. The summed E-state index contributed by atoms with van der Waals surface area (Å²) in [6.07, 6.45) is 24.9. The van der Waals surface area contributed by atoms with E-state index in [0.29, 0.717) is 0 Å². The molecule has 0 unspecified atom stereocenters. The Hall–Kier alpha value is 0.440. The van der Waals surface area contributed by atoms with Crippen LogP contribution >= 0.6 is 0 Å². The van der Waals surface area contributed by atoms with Crippen molar-refractivity contribution in [1.29, 1.82) is 0 Å². The van der Waals surface area contributed by atoms with E-state index in [2.05, 4.69) is 38.2 Å². The van der Waals surface area contributed by atoms with E-state index in [4.69, 9.17) is 0 Å². The van der Waals surface area contributed by atoms with Crippen LogP contribution in [-0.2, 0) is 5.48 Å². The number of unbranched alkanes of at least 4 members (excludes halogenated alkanes) is 9. The van der Waals surface area contributed by atoms with E-state index < -0.39 is 0 Å². The van der Waals surface area contributed by atoms with Crippen LogP contribution in [-0.4, -0.2) is 0 Å². The number of allylic oxidation sites excluding steroid dienone is 4. The van der Waals surface area contributed by atoms with Crippen LogP contribution in [0, 0.1) is 6.92 Å². The average Bonchev–Trinajstić information content (AvgIpc) is 2.39. The second-order valence-corrected chi connectivity index (χ2v) is 5.08. The molecule has 0 spiro atoms. The molecule has 114 valence electrons. The Morgan fingerprint density at radius 1 is 0.700 bits per heavy atom.